The van der Waals surface area contributed by atoms with Crippen molar-refractivity contribution >= 4 is 5.91 Å². The van der Waals surface area contributed by atoms with E-state index in [9.17, 15) is 4.79 Å². The number of nitrogens with zero attached hydrogens (tertiary/aromatic N) is 2. The summed E-state index contributed by atoms with van der Waals surface area (Å²) >= 11 is 0. The summed E-state index contributed by atoms with van der Waals surface area (Å²) in [6.07, 6.45) is 3.02. The van der Waals surface area contributed by atoms with E-state index in [1.807, 2.05) is 0 Å². The molecule has 2 saturated heterocycles. The lowest BCUT2D eigenvalue weighted by molar-refractivity contribution is -0.136. The summed E-state index contributed by atoms with van der Waals surface area (Å²) in [5.41, 5.74) is 1.35. The molecule has 4 nitrogen and oxygen atoms in total. The maximum absolute atomic E-state index is 12.5. The van der Waals surface area contributed by atoms with Crippen molar-refractivity contribution in [3.8, 4) is 0 Å². The molecule has 2 heterocycles. The van der Waals surface area contributed by atoms with Gasteiger partial charge in [0.1, 0.15) is 0 Å². The molecule has 0 spiro atoms. The Bertz CT molecular complexity index is 484. The summed E-state index contributed by atoms with van der Waals surface area (Å²) in [6, 6.07) is 11.3. The second kappa shape index (κ2) is 7.25. The third-order valence-electron chi connectivity index (χ3n) is 4.86. The van der Waals surface area contributed by atoms with E-state index < -0.39 is 0 Å². The third-order valence-corrected chi connectivity index (χ3v) is 4.86. The number of hydrogen-bond acceptors (Lipinski definition) is 3. The van der Waals surface area contributed by atoms with Crippen molar-refractivity contribution in [2.24, 2.45) is 0 Å². The summed E-state index contributed by atoms with van der Waals surface area (Å²) in [7, 11) is 0. The van der Waals surface area contributed by atoms with Crippen molar-refractivity contribution in [2.75, 3.05) is 26.2 Å². The van der Waals surface area contributed by atoms with E-state index in [0.717, 1.165) is 39.1 Å². The van der Waals surface area contributed by atoms with Crippen LogP contribution in [0.15, 0.2) is 30.3 Å². The van der Waals surface area contributed by atoms with E-state index >= 15 is 0 Å². The van der Waals surface area contributed by atoms with Crippen LogP contribution in [0.3, 0.4) is 0 Å². The van der Waals surface area contributed by atoms with Gasteiger partial charge in [-0.1, -0.05) is 30.3 Å². The first-order chi connectivity index (χ1) is 10.7. The highest BCUT2D eigenvalue weighted by atomic mass is 16.2. The number of nitrogens with one attached hydrogen (secondary N) is 1. The Morgan fingerprint density at radius 3 is 2.77 bits per heavy atom. The molecule has 22 heavy (non-hydrogen) atoms. The molecule has 1 N–H and O–H groups in total. The normalized spacial score (nSPS) is 26.3. The Balaban J connectivity index is 1.50. The van der Waals surface area contributed by atoms with Gasteiger partial charge in [0.05, 0.1) is 0 Å². The SMILES string of the molecule is CC1CN(Cc2ccccc2)CCN1C(=O)CC1CCCN1. The molecule has 2 unspecified atom stereocenters. The molecule has 0 radical (unpaired) electrons. The summed E-state index contributed by atoms with van der Waals surface area (Å²) in [4.78, 5) is 17.0. The van der Waals surface area contributed by atoms with Crippen molar-refractivity contribution in [1.82, 2.24) is 15.1 Å². The molecule has 2 fully saturated rings. The van der Waals surface area contributed by atoms with E-state index in [0.29, 0.717) is 24.4 Å². The maximum Gasteiger partial charge on any atom is 0.224 e. The molecule has 4 heteroatoms. The van der Waals surface area contributed by atoms with Crippen molar-refractivity contribution in [1.29, 1.82) is 0 Å². The number of hydrogen-bond donors (Lipinski definition) is 1. The number of piperazine rings is 1. The first-order valence-corrected chi connectivity index (χ1v) is 8.51. The minimum absolute atomic E-state index is 0.311. The molecule has 120 valence electrons. The Labute approximate surface area is 133 Å². The van der Waals surface area contributed by atoms with Gasteiger partial charge in [-0.25, -0.2) is 0 Å². The van der Waals surface area contributed by atoms with Crippen LogP contribution in [0.5, 0.6) is 0 Å². The van der Waals surface area contributed by atoms with Crippen LogP contribution in [0.2, 0.25) is 0 Å². The summed E-state index contributed by atoms with van der Waals surface area (Å²) in [5, 5.41) is 3.42. The van der Waals surface area contributed by atoms with Crippen molar-refractivity contribution in [3.05, 3.63) is 35.9 Å². The Kier molecular flexibility index (Phi) is 5.11. The van der Waals surface area contributed by atoms with Crippen LogP contribution in [-0.2, 0) is 11.3 Å². The number of rotatable bonds is 4. The molecule has 3 rings (SSSR count). The highest BCUT2D eigenvalue weighted by molar-refractivity contribution is 5.77. The second-order valence-electron chi connectivity index (χ2n) is 6.65. The highest BCUT2D eigenvalue weighted by Gasteiger charge is 2.29. The van der Waals surface area contributed by atoms with Gasteiger partial charge in [-0.15, -0.1) is 0 Å². The van der Waals surface area contributed by atoms with Crippen LogP contribution in [-0.4, -0.2) is 54.0 Å². The van der Waals surface area contributed by atoms with Crippen LogP contribution >= 0.6 is 0 Å². The highest BCUT2D eigenvalue weighted by Crippen LogP contribution is 2.16. The monoisotopic (exact) mass is 301 g/mol. The number of carbonyl (C=O) groups is 1. The lowest BCUT2D eigenvalue weighted by Crippen LogP contribution is -2.54. The van der Waals surface area contributed by atoms with Crippen LogP contribution in [0, 0.1) is 0 Å². The van der Waals surface area contributed by atoms with E-state index in [1.54, 1.807) is 0 Å². The van der Waals surface area contributed by atoms with Gasteiger partial charge in [-0.2, -0.15) is 0 Å². The number of carbonyl (C=O) groups excluding carboxylic acids is 1. The molecule has 1 aromatic carbocycles. The molecule has 1 aromatic rings. The quantitative estimate of drug-likeness (QED) is 0.922. The summed E-state index contributed by atoms with van der Waals surface area (Å²) < 4.78 is 0. The lowest BCUT2D eigenvalue weighted by atomic mass is 10.1. The predicted molar refractivity (Wildman–Crippen MR) is 88.5 cm³/mol. The lowest BCUT2D eigenvalue weighted by Gasteiger charge is -2.40. The van der Waals surface area contributed by atoms with E-state index in [4.69, 9.17) is 0 Å². The van der Waals surface area contributed by atoms with Crippen molar-refractivity contribution < 1.29 is 4.79 Å². The van der Waals surface area contributed by atoms with E-state index in [2.05, 4.69) is 52.4 Å². The third kappa shape index (κ3) is 3.87. The average Bonchev–Trinajstić information content (AvgIpc) is 3.01. The minimum atomic E-state index is 0.311. The Morgan fingerprint density at radius 2 is 2.09 bits per heavy atom. The Hall–Kier alpha value is -1.39. The van der Waals surface area contributed by atoms with Crippen molar-refractivity contribution in [3.63, 3.8) is 0 Å². The summed E-state index contributed by atoms with van der Waals surface area (Å²) in [5.74, 6) is 0.325. The fourth-order valence-corrected chi connectivity index (χ4v) is 3.65. The van der Waals surface area contributed by atoms with Crippen LogP contribution < -0.4 is 5.32 Å². The molecule has 0 aromatic heterocycles. The predicted octanol–water partition coefficient (Wildman–Crippen LogP) is 1.86. The second-order valence-corrected chi connectivity index (χ2v) is 6.65. The number of benzene rings is 1. The number of amides is 1. The van der Waals surface area contributed by atoms with Crippen LogP contribution in [0.4, 0.5) is 0 Å². The molecule has 2 aliphatic rings. The maximum atomic E-state index is 12.5. The zero-order valence-corrected chi connectivity index (χ0v) is 13.5. The van der Waals surface area contributed by atoms with Gasteiger partial charge >= 0.3 is 0 Å². The fourth-order valence-electron chi connectivity index (χ4n) is 3.65. The minimum Gasteiger partial charge on any atom is -0.337 e. The van der Waals surface area contributed by atoms with Crippen LogP contribution in [0.1, 0.15) is 31.7 Å². The molecule has 0 aliphatic carbocycles. The van der Waals surface area contributed by atoms with E-state index in [1.165, 1.54) is 12.0 Å². The zero-order valence-electron chi connectivity index (χ0n) is 13.5. The average molecular weight is 301 g/mol. The topological polar surface area (TPSA) is 35.6 Å². The van der Waals surface area contributed by atoms with Gasteiger partial charge in [-0.3, -0.25) is 9.69 Å². The molecule has 2 atom stereocenters. The van der Waals surface area contributed by atoms with E-state index in [-0.39, 0.29) is 0 Å². The van der Waals surface area contributed by atoms with Gasteiger partial charge in [0.2, 0.25) is 5.91 Å². The molecular formula is C18H27N3O. The smallest absolute Gasteiger partial charge is 0.224 e. The standard InChI is InChI=1S/C18H27N3O/c1-15-13-20(14-16-6-3-2-4-7-16)10-11-21(15)18(22)12-17-8-5-9-19-17/h2-4,6-7,15,17,19H,5,8-14H2,1H3. The molecule has 2 aliphatic heterocycles. The Morgan fingerprint density at radius 1 is 1.27 bits per heavy atom. The van der Waals surface area contributed by atoms with Gasteiger partial charge in [0, 0.05) is 44.7 Å². The van der Waals surface area contributed by atoms with Crippen molar-refractivity contribution in [2.45, 2.75) is 44.8 Å². The first kappa shape index (κ1) is 15.5. The molecule has 0 bridgehead atoms. The molecule has 0 saturated carbocycles. The van der Waals surface area contributed by atoms with Gasteiger partial charge in [0.25, 0.3) is 0 Å². The van der Waals surface area contributed by atoms with Gasteiger partial charge in [0.15, 0.2) is 0 Å². The van der Waals surface area contributed by atoms with Crippen LogP contribution in [0.25, 0.3) is 0 Å². The largest absolute Gasteiger partial charge is 0.337 e. The zero-order chi connectivity index (χ0) is 15.4. The first-order valence-electron chi connectivity index (χ1n) is 8.51. The van der Waals surface area contributed by atoms with Gasteiger partial charge < -0.3 is 10.2 Å². The molecule has 1 amide bonds. The molecular weight excluding hydrogens is 274 g/mol. The fraction of sp³-hybridized carbons (Fsp3) is 0.611. The van der Waals surface area contributed by atoms with Gasteiger partial charge in [-0.05, 0) is 31.9 Å². The summed E-state index contributed by atoms with van der Waals surface area (Å²) in [6.45, 7) is 7.04.